The molecule has 1 spiro atoms. The molecule has 0 aromatic carbocycles. The van der Waals surface area contributed by atoms with Crippen LogP contribution in [0.3, 0.4) is 0 Å². The smallest absolute Gasteiger partial charge is 0.345 e. The lowest BCUT2D eigenvalue weighted by Crippen LogP contribution is -2.50. The standard InChI is InChI=1S/C19H25NO5S/c21-13-3-1-2-12(10-13)17(22)20-7-5-19(6-8-20)14-11-16(18(23)24)26-15(14)4-9-25-19/h11-13,21H,1-10H2,(H,23,24)/t12-,13+/m0/s1. The molecule has 4 rings (SSSR count). The van der Waals surface area contributed by atoms with Crippen molar-refractivity contribution < 1.29 is 24.5 Å². The van der Waals surface area contributed by atoms with Crippen molar-refractivity contribution in [1.29, 1.82) is 0 Å². The molecule has 1 aliphatic carbocycles. The number of fused-ring (bicyclic) bond motifs is 2. The summed E-state index contributed by atoms with van der Waals surface area (Å²) < 4.78 is 6.15. The van der Waals surface area contributed by atoms with E-state index in [-0.39, 0.29) is 17.9 Å². The summed E-state index contributed by atoms with van der Waals surface area (Å²) in [5.41, 5.74) is 0.576. The number of nitrogens with zero attached hydrogens (tertiary/aromatic N) is 1. The summed E-state index contributed by atoms with van der Waals surface area (Å²) in [6, 6.07) is 1.77. The van der Waals surface area contributed by atoms with E-state index in [2.05, 4.69) is 0 Å². The van der Waals surface area contributed by atoms with Crippen LogP contribution in [0, 0.1) is 5.92 Å². The number of carbonyl (C=O) groups is 2. The Morgan fingerprint density at radius 3 is 2.73 bits per heavy atom. The highest BCUT2D eigenvalue weighted by Gasteiger charge is 2.44. The van der Waals surface area contributed by atoms with Crippen LogP contribution in [-0.2, 0) is 21.6 Å². The first-order valence-corrected chi connectivity index (χ1v) is 10.3. The number of aromatic carboxylic acids is 1. The van der Waals surface area contributed by atoms with Crippen molar-refractivity contribution in [2.45, 2.75) is 56.7 Å². The second-order valence-corrected chi connectivity index (χ2v) is 8.82. The molecule has 6 nitrogen and oxygen atoms in total. The molecule has 142 valence electrons. The third-order valence-corrected chi connectivity index (χ3v) is 7.28. The molecule has 2 N–H and O–H groups in total. The average molecular weight is 379 g/mol. The Morgan fingerprint density at radius 1 is 1.27 bits per heavy atom. The molecule has 26 heavy (non-hydrogen) atoms. The Hall–Kier alpha value is -1.44. The van der Waals surface area contributed by atoms with Crippen LogP contribution in [0.25, 0.3) is 0 Å². The number of rotatable bonds is 2. The number of aliphatic hydroxyl groups is 1. The number of amides is 1. The van der Waals surface area contributed by atoms with Gasteiger partial charge in [-0.25, -0.2) is 4.79 Å². The Kier molecular flexibility index (Phi) is 4.79. The summed E-state index contributed by atoms with van der Waals surface area (Å²) in [4.78, 5) is 27.5. The maximum absolute atomic E-state index is 12.8. The van der Waals surface area contributed by atoms with Gasteiger partial charge < -0.3 is 19.8 Å². The fraction of sp³-hybridized carbons (Fsp3) is 0.684. The zero-order valence-electron chi connectivity index (χ0n) is 14.8. The first-order chi connectivity index (χ1) is 12.5. The van der Waals surface area contributed by atoms with Gasteiger partial charge in [0.2, 0.25) is 5.91 Å². The maximum atomic E-state index is 12.8. The molecular formula is C19H25NO5S. The molecule has 1 amide bonds. The Morgan fingerprint density at radius 2 is 2.04 bits per heavy atom. The lowest BCUT2D eigenvalue weighted by Gasteiger charge is -2.45. The van der Waals surface area contributed by atoms with E-state index in [9.17, 15) is 19.8 Å². The van der Waals surface area contributed by atoms with Gasteiger partial charge in [-0.05, 0) is 43.7 Å². The van der Waals surface area contributed by atoms with E-state index in [0.717, 1.165) is 36.1 Å². The molecule has 0 unspecified atom stereocenters. The highest BCUT2D eigenvalue weighted by Crippen LogP contribution is 2.45. The third-order valence-electron chi connectivity index (χ3n) is 6.10. The molecular weight excluding hydrogens is 354 g/mol. The minimum Gasteiger partial charge on any atom is -0.477 e. The van der Waals surface area contributed by atoms with Crippen molar-refractivity contribution in [3.8, 4) is 0 Å². The van der Waals surface area contributed by atoms with Gasteiger partial charge in [0.05, 0.1) is 18.3 Å². The molecule has 2 fully saturated rings. The number of aliphatic hydroxyl groups excluding tert-OH is 1. The van der Waals surface area contributed by atoms with Crippen LogP contribution >= 0.6 is 11.3 Å². The Bertz CT molecular complexity index is 707. The highest BCUT2D eigenvalue weighted by atomic mass is 32.1. The molecule has 2 atom stereocenters. The van der Waals surface area contributed by atoms with Crippen molar-refractivity contribution in [2.24, 2.45) is 5.92 Å². The lowest BCUT2D eigenvalue weighted by atomic mass is 9.81. The molecule has 1 aromatic rings. The van der Waals surface area contributed by atoms with Gasteiger partial charge in [0.25, 0.3) is 0 Å². The molecule has 3 heterocycles. The number of carboxylic acids is 1. The first-order valence-electron chi connectivity index (χ1n) is 9.46. The number of carbonyl (C=O) groups excluding carboxylic acids is 1. The molecule has 3 aliphatic rings. The molecule has 7 heteroatoms. The van der Waals surface area contributed by atoms with Crippen molar-refractivity contribution in [2.75, 3.05) is 19.7 Å². The van der Waals surface area contributed by atoms with Crippen LogP contribution in [0.1, 0.15) is 58.6 Å². The molecule has 1 aromatic heterocycles. The summed E-state index contributed by atoms with van der Waals surface area (Å²) in [5, 5.41) is 19.1. The van der Waals surface area contributed by atoms with Crippen LogP contribution < -0.4 is 0 Å². The van der Waals surface area contributed by atoms with Crippen LogP contribution in [0.15, 0.2) is 6.07 Å². The van der Waals surface area contributed by atoms with E-state index in [1.54, 1.807) is 6.07 Å². The fourth-order valence-electron chi connectivity index (χ4n) is 4.67. The number of carboxylic acid groups (broad SMARTS) is 1. The molecule has 0 radical (unpaired) electrons. The van der Waals surface area contributed by atoms with Crippen LogP contribution in [0.2, 0.25) is 0 Å². The number of hydrogen-bond donors (Lipinski definition) is 2. The predicted molar refractivity (Wildman–Crippen MR) is 96.4 cm³/mol. The van der Waals surface area contributed by atoms with Crippen molar-refractivity contribution in [3.63, 3.8) is 0 Å². The van der Waals surface area contributed by atoms with E-state index >= 15 is 0 Å². The lowest BCUT2D eigenvalue weighted by molar-refractivity contribution is -0.146. The van der Waals surface area contributed by atoms with Gasteiger partial charge in [-0.1, -0.05) is 6.42 Å². The predicted octanol–water partition coefficient (Wildman–Crippen LogP) is 2.39. The van der Waals surface area contributed by atoms with Gasteiger partial charge in [-0.2, -0.15) is 0 Å². The Labute approximate surface area is 156 Å². The quantitative estimate of drug-likeness (QED) is 0.824. The zero-order valence-corrected chi connectivity index (χ0v) is 15.6. The fourth-order valence-corrected chi connectivity index (χ4v) is 5.74. The maximum Gasteiger partial charge on any atom is 0.345 e. The van der Waals surface area contributed by atoms with Crippen molar-refractivity contribution >= 4 is 23.2 Å². The Balaban J connectivity index is 1.47. The molecule has 2 aliphatic heterocycles. The number of piperidine rings is 1. The summed E-state index contributed by atoms with van der Waals surface area (Å²) >= 11 is 1.35. The van der Waals surface area contributed by atoms with Crippen molar-refractivity contribution in [3.05, 3.63) is 21.4 Å². The SMILES string of the molecule is O=C(O)c1cc2c(s1)CCOC21CCN(C(=O)[C@H]2CCC[C@@H](O)C2)CC1. The van der Waals surface area contributed by atoms with Crippen molar-refractivity contribution in [1.82, 2.24) is 4.90 Å². The second-order valence-electron chi connectivity index (χ2n) is 7.69. The largest absolute Gasteiger partial charge is 0.477 e. The number of likely N-dealkylation sites (tertiary alicyclic amines) is 1. The minimum atomic E-state index is -0.886. The molecule has 0 bridgehead atoms. The first kappa shape index (κ1) is 17.9. The van der Waals surface area contributed by atoms with Gasteiger partial charge >= 0.3 is 5.97 Å². The summed E-state index contributed by atoms with van der Waals surface area (Å²) in [6.07, 6.45) is 4.98. The second kappa shape index (κ2) is 6.94. The third kappa shape index (κ3) is 3.17. The normalized spacial score (nSPS) is 28.0. The van der Waals surface area contributed by atoms with Crippen LogP contribution in [-0.4, -0.2) is 52.8 Å². The van der Waals surface area contributed by atoms with Gasteiger partial charge in [-0.15, -0.1) is 11.3 Å². The van der Waals surface area contributed by atoms with E-state index in [0.29, 0.717) is 43.8 Å². The summed E-state index contributed by atoms with van der Waals surface area (Å²) in [7, 11) is 0. The summed E-state index contributed by atoms with van der Waals surface area (Å²) in [5.74, 6) is -0.787. The number of ether oxygens (including phenoxy) is 1. The number of thiophene rings is 1. The van der Waals surface area contributed by atoms with Crippen LogP contribution in [0.4, 0.5) is 0 Å². The van der Waals surface area contributed by atoms with Gasteiger partial charge in [0.15, 0.2) is 0 Å². The molecule has 1 saturated heterocycles. The molecule has 1 saturated carbocycles. The number of hydrogen-bond acceptors (Lipinski definition) is 5. The van der Waals surface area contributed by atoms with Gasteiger partial charge in [0.1, 0.15) is 4.88 Å². The minimum absolute atomic E-state index is 0.0598. The van der Waals surface area contributed by atoms with Crippen LogP contribution in [0.5, 0.6) is 0 Å². The highest BCUT2D eigenvalue weighted by molar-refractivity contribution is 7.14. The van der Waals surface area contributed by atoms with E-state index in [4.69, 9.17) is 4.74 Å². The van der Waals surface area contributed by atoms with E-state index in [1.807, 2.05) is 4.90 Å². The summed E-state index contributed by atoms with van der Waals surface area (Å²) in [6.45, 7) is 1.86. The van der Waals surface area contributed by atoms with Gasteiger partial charge in [0, 0.05) is 30.3 Å². The zero-order chi connectivity index (χ0) is 18.3. The van der Waals surface area contributed by atoms with Gasteiger partial charge in [-0.3, -0.25) is 4.79 Å². The average Bonchev–Trinajstić information content (AvgIpc) is 3.08. The van der Waals surface area contributed by atoms with E-state index in [1.165, 1.54) is 11.3 Å². The topological polar surface area (TPSA) is 87.1 Å². The van der Waals surface area contributed by atoms with E-state index < -0.39 is 11.6 Å². The monoisotopic (exact) mass is 379 g/mol.